The van der Waals surface area contributed by atoms with Crippen molar-refractivity contribution in [3.8, 4) is 0 Å². The summed E-state index contributed by atoms with van der Waals surface area (Å²) in [6.45, 7) is 8.41. The Labute approximate surface area is 146 Å². The van der Waals surface area contributed by atoms with Crippen LogP contribution in [0.5, 0.6) is 0 Å². The summed E-state index contributed by atoms with van der Waals surface area (Å²) >= 11 is 0. The molecule has 8 nitrogen and oxygen atoms in total. The number of hydrogen-bond donors (Lipinski definition) is 3. The van der Waals surface area contributed by atoms with Gasteiger partial charge < -0.3 is 10.6 Å². The van der Waals surface area contributed by atoms with Crippen LogP contribution >= 0.6 is 0 Å². The van der Waals surface area contributed by atoms with Gasteiger partial charge in [0.05, 0.1) is 5.39 Å². The van der Waals surface area contributed by atoms with Crippen LogP contribution in [0.4, 0.5) is 5.82 Å². The number of amides is 2. The molecule has 0 unspecified atom stereocenters. The van der Waals surface area contributed by atoms with E-state index in [9.17, 15) is 9.59 Å². The molecule has 1 aliphatic rings. The van der Waals surface area contributed by atoms with Gasteiger partial charge in [-0.2, -0.15) is 5.10 Å². The third-order valence-electron chi connectivity index (χ3n) is 4.70. The molecule has 3 N–H and O–H groups in total. The third-order valence-corrected chi connectivity index (χ3v) is 4.70. The molecule has 1 saturated heterocycles. The molecule has 2 aromatic rings. The van der Waals surface area contributed by atoms with Gasteiger partial charge in [0, 0.05) is 18.3 Å². The average molecular weight is 344 g/mol. The first-order valence-corrected chi connectivity index (χ1v) is 8.65. The van der Waals surface area contributed by atoms with Gasteiger partial charge in [-0.05, 0) is 51.4 Å². The molecule has 0 spiro atoms. The molecule has 0 aliphatic carbocycles. The van der Waals surface area contributed by atoms with Crippen LogP contribution in [0.15, 0.2) is 6.07 Å². The van der Waals surface area contributed by atoms with Gasteiger partial charge in [-0.1, -0.05) is 6.92 Å². The highest BCUT2D eigenvalue weighted by Crippen LogP contribution is 2.23. The molecule has 0 bridgehead atoms. The van der Waals surface area contributed by atoms with Gasteiger partial charge in [0.2, 0.25) is 0 Å². The Morgan fingerprint density at radius 3 is 2.92 bits per heavy atom. The molecule has 3 rings (SSSR count). The Morgan fingerprint density at radius 2 is 2.16 bits per heavy atom. The monoisotopic (exact) mass is 344 g/mol. The fourth-order valence-corrected chi connectivity index (χ4v) is 3.47. The molecule has 1 fully saturated rings. The number of aryl methyl sites for hydroxylation is 2. The number of pyridine rings is 1. The second kappa shape index (κ2) is 7.18. The van der Waals surface area contributed by atoms with E-state index in [1.165, 1.54) is 0 Å². The predicted molar refractivity (Wildman–Crippen MR) is 95.3 cm³/mol. The van der Waals surface area contributed by atoms with E-state index >= 15 is 0 Å². The minimum atomic E-state index is -0.713. The average Bonchev–Trinajstić information content (AvgIpc) is 3.19. The maximum Gasteiger partial charge on any atom is 0.314 e. The summed E-state index contributed by atoms with van der Waals surface area (Å²) < 4.78 is 0. The molecule has 8 heteroatoms. The van der Waals surface area contributed by atoms with Crippen LogP contribution in [0.1, 0.15) is 31.0 Å². The maximum absolute atomic E-state index is 12.2. The number of nitrogens with one attached hydrogen (secondary N) is 3. The molecular weight excluding hydrogens is 320 g/mol. The number of likely N-dealkylation sites (tertiary alicyclic amines) is 1. The Bertz CT molecular complexity index is 800. The molecule has 0 aromatic carbocycles. The van der Waals surface area contributed by atoms with Gasteiger partial charge in [-0.3, -0.25) is 19.6 Å². The van der Waals surface area contributed by atoms with Crippen molar-refractivity contribution in [2.24, 2.45) is 0 Å². The zero-order valence-electron chi connectivity index (χ0n) is 14.8. The van der Waals surface area contributed by atoms with E-state index in [0.717, 1.165) is 42.6 Å². The van der Waals surface area contributed by atoms with Gasteiger partial charge in [0.15, 0.2) is 11.5 Å². The number of nitrogens with zero attached hydrogens (tertiary/aromatic N) is 3. The molecule has 2 aromatic heterocycles. The Kier molecular flexibility index (Phi) is 4.98. The maximum atomic E-state index is 12.2. The minimum Gasteiger partial charge on any atom is -0.346 e. The molecule has 134 valence electrons. The van der Waals surface area contributed by atoms with Gasteiger partial charge >= 0.3 is 11.8 Å². The molecule has 2 amide bonds. The quantitative estimate of drug-likeness (QED) is 0.721. The number of anilines is 1. The lowest BCUT2D eigenvalue weighted by Crippen LogP contribution is -2.43. The van der Waals surface area contributed by atoms with Gasteiger partial charge in [-0.25, -0.2) is 4.98 Å². The van der Waals surface area contributed by atoms with Crippen LogP contribution in [0.2, 0.25) is 0 Å². The fraction of sp³-hybridized carbons (Fsp3) is 0.529. The summed E-state index contributed by atoms with van der Waals surface area (Å²) in [6.07, 6.45) is 2.18. The summed E-state index contributed by atoms with van der Waals surface area (Å²) in [5.74, 6) is -1.03. The van der Waals surface area contributed by atoms with E-state index in [-0.39, 0.29) is 0 Å². The van der Waals surface area contributed by atoms with Crippen LogP contribution < -0.4 is 10.6 Å². The van der Waals surface area contributed by atoms with Crippen LogP contribution in [-0.2, 0) is 9.59 Å². The molecule has 3 heterocycles. The number of rotatable bonds is 4. The van der Waals surface area contributed by atoms with Crippen molar-refractivity contribution in [2.75, 3.05) is 25.0 Å². The lowest BCUT2D eigenvalue weighted by atomic mass is 10.2. The number of aromatic amines is 1. The highest BCUT2D eigenvalue weighted by atomic mass is 16.2. The van der Waals surface area contributed by atoms with E-state index < -0.39 is 11.8 Å². The molecule has 0 radical (unpaired) electrons. The molecule has 25 heavy (non-hydrogen) atoms. The van der Waals surface area contributed by atoms with Gasteiger partial charge in [-0.15, -0.1) is 0 Å². The van der Waals surface area contributed by atoms with Crippen LogP contribution in [0.25, 0.3) is 11.0 Å². The minimum absolute atomic E-state index is 0.308. The standard InChI is InChI=1S/C17H24N6O2/c1-4-23-7-5-6-12(23)9-18-16(24)17(25)20-15-13-10(2)8-11(3)19-14(13)21-22-15/h8,12H,4-7,9H2,1-3H3,(H,18,24)(H2,19,20,21,22,25)/t12-/m1/s1. The smallest absolute Gasteiger partial charge is 0.314 e. The van der Waals surface area contributed by atoms with Crippen molar-refractivity contribution >= 4 is 28.7 Å². The largest absolute Gasteiger partial charge is 0.346 e. The number of hydrogen-bond acceptors (Lipinski definition) is 5. The molecule has 1 aliphatic heterocycles. The van der Waals surface area contributed by atoms with Crippen molar-refractivity contribution in [2.45, 2.75) is 39.7 Å². The summed E-state index contributed by atoms with van der Waals surface area (Å²) in [5, 5.41) is 12.9. The number of carbonyl (C=O) groups excluding carboxylic acids is 2. The first kappa shape index (κ1) is 17.3. The van der Waals surface area contributed by atoms with E-state index in [0.29, 0.717) is 24.1 Å². The van der Waals surface area contributed by atoms with Gasteiger partial charge in [0.1, 0.15) is 0 Å². The number of aromatic nitrogens is 3. The van der Waals surface area contributed by atoms with Crippen LogP contribution in [0, 0.1) is 13.8 Å². The van der Waals surface area contributed by atoms with E-state index in [1.54, 1.807) is 0 Å². The predicted octanol–water partition coefficient (Wildman–Crippen LogP) is 1.11. The third kappa shape index (κ3) is 3.63. The lowest BCUT2D eigenvalue weighted by molar-refractivity contribution is -0.136. The first-order chi connectivity index (χ1) is 12.0. The van der Waals surface area contributed by atoms with Crippen molar-refractivity contribution in [3.05, 3.63) is 17.3 Å². The normalized spacial score (nSPS) is 17.8. The van der Waals surface area contributed by atoms with Crippen molar-refractivity contribution in [1.29, 1.82) is 0 Å². The molecule has 1 atom stereocenters. The van der Waals surface area contributed by atoms with Crippen molar-refractivity contribution < 1.29 is 9.59 Å². The zero-order chi connectivity index (χ0) is 18.0. The van der Waals surface area contributed by atoms with E-state index in [4.69, 9.17) is 0 Å². The van der Waals surface area contributed by atoms with Gasteiger partial charge in [0.25, 0.3) is 0 Å². The van der Waals surface area contributed by atoms with E-state index in [1.807, 2.05) is 19.9 Å². The van der Waals surface area contributed by atoms with Crippen molar-refractivity contribution in [1.82, 2.24) is 25.4 Å². The summed E-state index contributed by atoms with van der Waals surface area (Å²) in [7, 11) is 0. The highest BCUT2D eigenvalue weighted by Gasteiger charge is 2.25. The topological polar surface area (TPSA) is 103 Å². The fourth-order valence-electron chi connectivity index (χ4n) is 3.47. The Balaban J connectivity index is 1.63. The number of likely N-dealkylation sites (N-methyl/N-ethyl adjacent to an activating group) is 1. The molecule has 0 saturated carbocycles. The number of carbonyl (C=O) groups is 2. The van der Waals surface area contributed by atoms with Crippen molar-refractivity contribution in [3.63, 3.8) is 0 Å². The Hall–Kier alpha value is -2.48. The molecular formula is C17H24N6O2. The highest BCUT2D eigenvalue weighted by molar-refractivity contribution is 6.40. The summed E-state index contributed by atoms with van der Waals surface area (Å²) in [5.41, 5.74) is 2.40. The summed E-state index contributed by atoms with van der Waals surface area (Å²) in [6, 6.07) is 2.22. The first-order valence-electron chi connectivity index (χ1n) is 8.65. The summed E-state index contributed by atoms with van der Waals surface area (Å²) in [4.78, 5) is 30.9. The number of H-pyrrole nitrogens is 1. The van der Waals surface area contributed by atoms with Crippen LogP contribution in [-0.4, -0.2) is 57.6 Å². The SMILES string of the molecule is CCN1CCC[C@@H]1CNC(=O)C(=O)Nc1n[nH]c2nc(C)cc(C)c12. The van der Waals surface area contributed by atoms with E-state index in [2.05, 4.69) is 37.6 Å². The zero-order valence-corrected chi connectivity index (χ0v) is 14.8. The Morgan fingerprint density at radius 1 is 1.36 bits per heavy atom. The second-order valence-electron chi connectivity index (χ2n) is 6.47. The second-order valence-corrected chi connectivity index (χ2v) is 6.47. The van der Waals surface area contributed by atoms with Crippen LogP contribution in [0.3, 0.4) is 0 Å². The number of fused-ring (bicyclic) bond motifs is 1. The lowest BCUT2D eigenvalue weighted by Gasteiger charge is -2.22.